The molecule has 0 aliphatic heterocycles. The van der Waals surface area contributed by atoms with Crippen molar-refractivity contribution in [3.63, 3.8) is 0 Å². The number of amides is 1. The van der Waals surface area contributed by atoms with E-state index in [0.717, 1.165) is 5.56 Å². The maximum Gasteiger partial charge on any atom is 0.238 e. The van der Waals surface area contributed by atoms with Gasteiger partial charge in [-0.1, -0.05) is 59.6 Å². The first-order chi connectivity index (χ1) is 10.1. The van der Waals surface area contributed by atoms with Crippen LogP contribution in [0.4, 0.5) is 5.69 Å². The van der Waals surface area contributed by atoms with Crippen LogP contribution < -0.4 is 10.6 Å². The highest BCUT2D eigenvalue weighted by Gasteiger charge is 2.11. The lowest BCUT2D eigenvalue weighted by molar-refractivity contribution is -0.115. The third kappa shape index (κ3) is 4.46. The van der Waals surface area contributed by atoms with Crippen LogP contribution in [0.3, 0.4) is 0 Å². The van der Waals surface area contributed by atoms with Crippen molar-refractivity contribution in [1.82, 2.24) is 5.32 Å². The summed E-state index contributed by atoms with van der Waals surface area (Å²) < 4.78 is 0. The van der Waals surface area contributed by atoms with Crippen LogP contribution in [0.1, 0.15) is 18.5 Å². The molecule has 21 heavy (non-hydrogen) atoms. The highest BCUT2D eigenvalue weighted by Crippen LogP contribution is 2.29. The van der Waals surface area contributed by atoms with Crippen LogP contribution in [-0.4, -0.2) is 12.5 Å². The van der Waals surface area contributed by atoms with Gasteiger partial charge in [0.1, 0.15) is 0 Å². The van der Waals surface area contributed by atoms with E-state index in [0.29, 0.717) is 15.7 Å². The van der Waals surface area contributed by atoms with Gasteiger partial charge in [0.25, 0.3) is 0 Å². The molecule has 2 aromatic carbocycles. The van der Waals surface area contributed by atoms with Gasteiger partial charge in [0.2, 0.25) is 5.91 Å². The van der Waals surface area contributed by atoms with Gasteiger partial charge < -0.3 is 10.6 Å². The summed E-state index contributed by atoms with van der Waals surface area (Å²) in [6, 6.07) is 15.1. The number of carbonyl (C=O) groups excluding carboxylic acids is 1. The molecule has 2 rings (SSSR count). The number of halogens is 2. The van der Waals surface area contributed by atoms with Crippen LogP contribution in [0.5, 0.6) is 0 Å². The van der Waals surface area contributed by atoms with Crippen molar-refractivity contribution < 1.29 is 4.79 Å². The molecule has 2 aromatic rings. The molecule has 0 bridgehead atoms. The Kier molecular flexibility index (Phi) is 5.62. The minimum absolute atomic E-state index is 0.0821. The molecule has 1 atom stereocenters. The average Bonchev–Trinajstić information content (AvgIpc) is 2.49. The van der Waals surface area contributed by atoms with E-state index in [1.54, 1.807) is 18.2 Å². The molecule has 0 heterocycles. The summed E-state index contributed by atoms with van der Waals surface area (Å²) in [4.78, 5) is 12.0. The number of hydrogen-bond donors (Lipinski definition) is 2. The van der Waals surface area contributed by atoms with E-state index in [-0.39, 0.29) is 18.5 Å². The second kappa shape index (κ2) is 7.46. The summed E-state index contributed by atoms with van der Waals surface area (Å²) >= 11 is 12.0. The predicted octanol–water partition coefficient (Wildman–Crippen LogP) is 4.28. The molecule has 0 radical (unpaired) electrons. The quantitative estimate of drug-likeness (QED) is 0.862. The van der Waals surface area contributed by atoms with Crippen molar-refractivity contribution in [2.45, 2.75) is 13.0 Å². The fourth-order valence-corrected chi connectivity index (χ4v) is 2.40. The lowest BCUT2D eigenvalue weighted by atomic mass is 10.1. The van der Waals surface area contributed by atoms with E-state index in [2.05, 4.69) is 10.6 Å². The second-order valence-corrected chi connectivity index (χ2v) is 5.47. The monoisotopic (exact) mass is 322 g/mol. The average molecular weight is 323 g/mol. The molecule has 110 valence electrons. The molecule has 0 spiro atoms. The zero-order chi connectivity index (χ0) is 15.2. The summed E-state index contributed by atoms with van der Waals surface area (Å²) in [5.74, 6) is -0.187. The summed E-state index contributed by atoms with van der Waals surface area (Å²) in [6.07, 6.45) is 0. The fourth-order valence-electron chi connectivity index (χ4n) is 1.91. The first kappa shape index (κ1) is 15.8. The van der Waals surface area contributed by atoms with E-state index in [4.69, 9.17) is 23.2 Å². The van der Waals surface area contributed by atoms with Gasteiger partial charge in [-0.3, -0.25) is 4.79 Å². The van der Waals surface area contributed by atoms with Crippen molar-refractivity contribution in [2.24, 2.45) is 0 Å². The zero-order valence-electron chi connectivity index (χ0n) is 11.6. The standard InChI is InChI=1S/C16H16Cl2N2O/c1-11(12-6-3-2-4-7-12)19-10-15(21)20-16-13(17)8-5-9-14(16)18/h2-9,11,19H,10H2,1H3,(H,20,21). The molecular weight excluding hydrogens is 307 g/mol. The maximum atomic E-state index is 12.0. The Morgan fingerprint density at radius 2 is 1.67 bits per heavy atom. The number of para-hydroxylation sites is 1. The molecular formula is C16H16Cl2N2O. The molecule has 1 unspecified atom stereocenters. The van der Waals surface area contributed by atoms with E-state index >= 15 is 0 Å². The van der Waals surface area contributed by atoms with Gasteiger partial charge in [-0.15, -0.1) is 0 Å². The van der Waals surface area contributed by atoms with Gasteiger partial charge in [0, 0.05) is 6.04 Å². The SMILES string of the molecule is CC(NCC(=O)Nc1c(Cl)cccc1Cl)c1ccccc1. The molecule has 1 amide bonds. The van der Waals surface area contributed by atoms with Crippen LogP contribution >= 0.6 is 23.2 Å². The smallest absolute Gasteiger partial charge is 0.238 e. The number of benzene rings is 2. The molecule has 0 aromatic heterocycles. The fraction of sp³-hybridized carbons (Fsp3) is 0.188. The Morgan fingerprint density at radius 1 is 1.05 bits per heavy atom. The molecule has 0 saturated carbocycles. The highest BCUT2D eigenvalue weighted by molar-refractivity contribution is 6.39. The van der Waals surface area contributed by atoms with Crippen LogP contribution in [0.15, 0.2) is 48.5 Å². The topological polar surface area (TPSA) is 41.1 Å². The van der Waals surface area contributed by atoms with Gasteiger partial charge >= 0.3 is 0 Å². The van der Waals surface area contributed by atoms with Gasteiger partial charge in [0.05, 0.1) is 22.3 Å². The van der Waals surface area contributed by atoms with Crippen molar-refractivity contribution in [2.75, 3.05) is 11.9 Å². The van der Waals surface area contributed by atoms with Crippen LogP contribution in [-0.2, 0) is 4.79 Å². The van der Waals surface area contributed by atoms with E-state index in [9.17, 15) is 4.79 Å². The largest absolute Gasteiger partial charge is 0.322 e. The third-order valence-electron chi connectivity index (χ3n) is 3.10. The van der Waals surface area contributed by atoms with Gasteiger partial charge in [-0.05, 0) is 24.6 Å². The Bertz CT molecular complexity index is 597. The predicted molar refractivity (Wildman–Crippen MR) is 88.0 cm³/mol. The summed E-state index contributed by atoms with van der Waals surface area (Å²) in [5, 5.41) is 6.73. The van der Waals surface area contributed by atoms with Crippen LogP contribution in [0.25, 0.3) is 0 Å². The molecule has 5 heteroatoms. The van der Waals surface area contributed by atoms with Crippen molar-refractivity contribution in [3.8, 4) is 0 Å². The minimum atomic E-state index is -0.187. The Hall–Kier alpha value is -1.55. The van der Waals surface area contributed by atoms with Gasteiger partial charge in [-0.25, -0.2) is 0 Å². The zero-order valence-corrected chi connectivity index (χ0v) is 13.1. The normalized spacial score (nSPS) is 12.0. The van der Waals surface area contributed by atoms with Gasteiger partial charge in [-0.2, -0.15) is 0 Å². The molecule has 2 N–H and O–H groups in total. The number of hydrogen-bond acceptors (Lipinski definition) is 2. The van der Waals surface area contributed by atoms with Crippen LogP contribution in [0.2, 0.25) is 10.0 Å². The van der Waals surface area contributed by atoms with Gasteiger partial charge in [0.15, 0.2) is 0 Å². The molecule has 0 saturated heterocycles. The number of anilines is 1. The van der Waals surface area contributed by atoms with E-state index < -0.39 is 0 Å². The lowest BCUT2D eigenvalue weighted by Gasteiger charge is -2.14. The molecule has 0 aliphatic rings. The maximum absolute atomic E-state index is 12.0. The molecule has 0 aliphatic carbocycles. The van der Waals surface area contributed by atoms with Crippen LogP contribution in [0, 0.1) is 0 Å². The Balaban J connectivity index is 1.91. The second-order valence-electron chi connectivity index (χ2n) is 4.66. The molecule has 0 fully saturated rings. The molecule has 3 nitrogen and oxygen atoms in total. The number of rotatable bonds is 5. The van der Waals surface area contributed by atoms with Crippen molar-refractivity contribution in [3.05, 3.63) is 64.1 Å². The van der Waals surface area contributed by atoms with Crippen molar-refractivity contribution in [1.29, 1.82) is 0 Å². The first-order valence-electron chi connectivity index (χ1n) is 6.60. The van der Waals surface area contributed by atoms with E-state index in [1.807, 2.05) is 37.3 Å². The number of nitrogens with one attached hydrogen (secondary N) is 2. The Labute approximate surface area is 134 Å². The summed E-state index contributed by atoms with van der Waals surface area (Å²) in [5.41, 5.74) is 1.57. The minimum Gasteiger partial charge on any atom is -0.322 e. The van der Waals surface area contributed by atoms with E-state index in [1.165, 1.54) is 0 Å². The summed E-state index contributed by atoms with van der Waals surface area (Å²) in [6.45, 7) is 2.18. The lowest BCUT2D eigenvalue weighted by Crippen LogP contribution is -2.30. The summed E-state index contributed by atoms with van der Waals surface area (Å²) in [7, 11) is 0. The Morgan fingerprint density at radius 3 is 2.29 bits per heavy atom. The third-order valence-corrected chi connectivity index (χ3v) is 3.73. The van der Waals surface area contributed by atoms with Crippen molar-refractivity contribution >= 4 is 34.8 Å². The first-order valence-corrected chi connectivity index (χ1v) is 7.35. The number of carbonyl (C=O) groups is 1. The highest BCUT2D eigenvalue weighted by atomic mass is 35.5.